The Kier molecular flexibility index (Phi) is 6.28. The normalized spacial score (nSPS) is 14.0. The topological polar surface area (TPSA) is 48.3 Å². The minimum absolute atomic E-state index is 0.162. The van der Waals surface area contributed by atoms with Crippen molar-refractivity contribution in [2.45, 2.75) is 17.8 Å². The molecule has 0 radical (unpaired) electrons. The number of halogens is 1. The monoisotopic (exact) mass is 489 g/mol. The number of benzene rings is 3. The van der Waals surface area contributed by atoms with Gasteiger partial charge in [0.1, 0.15) is 11.7 Å². The van der Waals surface area contributed by atoms with Gasteiger partial charge in [0.25, 0.3) is 0 Å². The Morgan fingerprint density at radius 3 is 2.34 bits per heavy atom. The molecule has 5 heteroatoms. The van der Waals surface area contributed by atoms with Gasteiger partial charge < -0.3 is 14.1 Å². The first-order valence-electron chi connectivity index (χ1n) is 10.4. The Labute approximate surface area is 196 Å². The summed E-state index contributed by atoms with van der Waals surface area (Å²) in [7, 11) is 3.37. The Balaban J connectivity index is 2.15. The van der Waals surface area contributed by atoms with Crippen LogP contribution in [0.25, 0.3) is 10.9 Å². The predicted octanol–water partition coefficient (Wildman–Crippen LogP) is 5.77. The van der Waals surface area contributed by atoms with Crippen molar-refractivity contribution in [2.75, 3.05) is 7.11 Å². The van der Waals surface area contributed by atoms with Crippen LogP contribution in [0.4, 0.5) is 0 Å². The van der Waals surface area contributed by atoms with E-state index in [0.29, 0.717) is 0 Å². The summed E-state index contributed by atoms with van der Waals surface area (Å²) < 4.78 is 8.43. The number of fused-ring (bicyclic) bond motifs is 1. The van der Waals surface area contributed by atoms with Crippen LogP contribution in [0, 0.1) is 0 Å². The maximum absolute atomic E-state index is 13.9. The van der Waals surface area contributed by atoms with Crippen LogP contribution in [0.5, 0.6) is 0 Å². The summed E-state index contributed by atoms with van der Waals surface area (Å²) in [6.07, 6.45) is 3.04. The van der Waals surface area contributed by atoms with Gasteiger partial charge in [0.2, 0.25) is 0 Å². The summed E-state index contributed by atoms with van der Waals surface area (Å²) in [5.41, 5.74) is 2.29. The van der Waals surface area contributed by atoms with E-state index in [4.69, 9.17) is 4.74 Å². The number of methoxy groups -OCH3 is 1. The lowest BCUT2D eigenvalue weighted by molar-refractivity contribution is -0.146. The van der Waals surface area contributed by atoms with Crippen molar-refractivity contribution in [1.29, 1.82) is 0 Å². The Bertz CT molecular complexity index is 1250. The molecule has 4 rings (SSSR count). The molecule has 0 amide bonds. The lowest BCUT2D eigenvalue weighted by Crippen LogP contribution is -2.44. The van der Waals surface area contributed by atoms with E-state index in [2.05, 4.69) is 15.9 Å². The van der Waals surface area contributed by atoms with Crippen molar-refractivity contribution in [3.63, 3.8) is 0 Å². The van der Waals surface area contributed by atoms with E-state index in [1.54, 1.807) is 0 Å². The fraction of sp³-hybridized carbons (Fsp3) is 0.185. The molecule has 4 aromatic rings. The van der Waals surface area contributed by atoms with Crippen LogP contribution in [0.3, 0.4) is 0 Å². The van der Waals surface area contributed by atoms with E-state index >= 15 is 0 Å². The number of esters is 1. The summed E-state index contributed by atoms with van der Waals surface area (Å²) in [4.78, 5) is 25.9. The molecule has 3 aromatic carbocycles. The maximum atomic E-state index is 13.9. The van der Waals surface area contributed by atoms with E-state index in [-0.39, 0.29) is 6.42 Å². The zero-order chi connectivity index (χ0) is 22.7. The Morgan fingerprint density at radius 2 is 1.69 bits per heavy atom. The number of hydrogen-bond donors (Lipinski definition) is 0. The molecule has 2 atom stereocenters. The number of carbonyl (C=O) groups is 2. The van der Waals surface area contributed by atoms with E-state index < -0.39 is 17.3 Å². The van der Waals surface area contributed by atoms with Gasteiger partial charge in [-0.2, -0.15) is 0 Å². The third-order valence-electron chi connectivity index (χ3n) is 6.19. The number of aromatic nitrogens is 1. The highest BCUT2D eigenvalue weighted by Gasteiger charge is 2.51. The van der Waals surface area contributed by atoms with Crippen molar-refractivity contribution < 1.29 is 14.3 Å². The lowest BCUT2D eigenvalue weighted by Gasteiger charge is -2.38. The third kappa shape index (κ3) is 3.56. The molecule has 0 aliphatic heterocycles. The molecule has 0 saturated heterocycles. The highest BCUT2D eigenvalue weighted by molar-refractivity contribution is 9.10. The number of aldehydes is 1. The molecule has 0 unspecified atom stereocenters. The number of aryl methyl sites for hydroxylation is 1. The molecule has 1 aromatic heterocycles. The van der Waals surface area contributed by atoms with Crippen molar-refractivity contribution in [3.8, 4) is 0 Å². The van der Waals surface area contributed by atoms with E-state index in [9.17, 15) is 9.59 Å². The van der Waals surface area contributed by atoms with Crippen LogP contribution in [-0.2, 0) is 26.8 Å². The number of hydrogen-bond acceptors (Lipinski definition) is 3. The molecular weight excluding hydrogens is 466 g/mol. The van der Waals surface area contributed by atoms with Crippen molar-refractivity contribution in [2.24, 2.45) is 7.05 Å². The molecule has 0 spiro atoms. The highest BCUT2D eigenvalue weighted by Crippen LogP contribution is 2.49. The first kappa shape index (κ1) is 22.0. The quantitative estimate of drug-likeness (QED) is 0.244. The first-order valence-corrected chi connectivity index (χ1v) is 11.2. The fourth-order valence-corrected chi connectivity index (χ4v) is 5.05. The van der Waals surface area contributed by atoms with Gasteiger partial charge in [0, 0.05) is 41.0 Å². The predicted molar refractivity (Wildman–Crippen MR) is 130 cm³/mol. The second kappa shape index (κ2) is 9.13. The minimum atomic E-state index is -1.22. The second-order valence-electron chi connectivity index (χ2n) is 7.84. The SMILES string of the molecule is COC(=O)[C@@](c1ccccc1)(c1cn(C)c2ccccc12)[C@@H](CC=O)c1ccc(Br)cc1. The number of ether oxygens (including phenoxy) is 1. The molecule has 0 bridgehead atoms. The van der Waals surface area contributed by atoms with Crippen LogP contribution in [0.1, 0.15) is 29.0 Å². The average molecular weight is 490 g/mol. The fourth-order valence-electron chi connectivity index (χ4n) is 4.79. The second-order valence-corrected chi connectivity index (χ2v) is 8.76. The van der Waals surface area contributed by atoms with Crippen LogP contribution < -0.4 is 0 Å². The molecule has 32 heavy (non-hydrogen) atoms. The summed E-state index contributed by atoms with van der Waals surface area (Å²) in [5, 5.41) is 0.956. The van der Waals surface area contributed by atoms with Gasteiger partial charge in [-0.1, -0.05) is 76.6 Å². The molecule has 0 N–H and O–H groups in total. The van der Waals surface area contributed by atoms with Crippen molar-refractivity contribution in [3.05, 3.63) is 106 Å². The molecular formula is C27H24BrNO3. The number of para-hydroxylation sites is 1. The van der Waals surface area contributed by atoms with Gasteiger partial charge in [0.05, 0.1) is 7.11 Å². The van der Waals surface area contributed by atoms with E-state index in [0.717, 1.165) is 38.4 Å². The standard InChI is InChI=1S/C27H24BrNO3/c1-29-18-24(22-10-6-7-11-25(22)29)27(26(31)32-2,20-8-4-3-5-9-20)23(16-17-30)19-12-14-21(28)15-13-19/h3-15,17-18,23H,16H2,1-2H3/t23-,27+/m0/s1. The summed E-state index contributed by atoms with van der Waals surface area (Å²) in [6, 6.07) is 25.4. The maximum Gasteiger partial charge on any atom is 0.321 e. The minimum Gasteiger partial charge on any atom is -0.468 e. The van der Waals surface area contributed by atoms with Crippen LogP contribution >= 0.6 is 15.9 Å². The number of carbonyl (C=O) groups excluding carboxylic acids is 2. The van der Waals surface area contributed by atoms with E-state index in [1.807, 2.05) is 96.7 Å². The zero-order valence-corrected chi connectivity index (χ0v) is 19.6. The molecule has 4 nitrogen and oxygen atoms in total. The van der Waals surface area contributed by atoms with Gasteiger partial charge in [0.15, 0.2) is 0 Å². The van der Waals surface area contributed by atoms with E-state index in [1.165, 1.54) is 7.11 Å². The molecule has 162 valence electrons. The first-order chi connectivity index (χ1) is 15.5. The van der Waals surface area contributed by atoms with Gasteiger partial charge in [-0.3, -0.25) is 4.79 Å². The van der Waals surface area contributed by atoms with Gasteiger partial charge in [-0.25, -0.2) is 0 Å². The van der Waals surface area contributed by atoms with Crippen LogP contribution in [-0.4, -0.2) is 23.9 Å². The summed E-state index contributed by atoms with van der Waals surface area (Å²) in [6.45, 7) is 0. The lowest BCUT2D eigenvalue weighted by atomic mass is 9.62. The van der Waals surface area contributed by atoms with Crippen molar-refractivity contribution in [1.82, 2.24) is 4.57 Å². The van der Waals surface area contributed by atoms with Crippen LogP contribution in [0.2, 0.25) is 0 Å². The summed E-state index contributed by atoms with van der Waals surface area (Å²) in [5.74, 6) is -0.858. The Morgan fingerprint density at radius 1 is 1.03 bits per heavy atom. The van der Waals surface area contributed by atoms with Gasteiger partial charge >= 0.3 is 5.97 Å². The zero-order valence-electron chi connectivity index (χ0n) is 18.0. The smallest absolute Gasteiger partial charge is 0.321 e. The van der Waals surface area contributed by atoms with Gasteiger partial charge in [-0.05, 0) is 34.9 Å². The average Bonchev–Trinajstić information content (AvgIpc) is 3.17. The highest BCUT2D eigenvalue weighted by atomic mass is 79.9. The van der Waals surface area contributed by atoms with Crippen LogP contribution in [0.15, 0.2) is 89.5 Å². The summed E-state index contributed by atoms with van der Waals surface area (Å²) >= 11 is 3.49. The Hall–Kier alpha value is -3.18. The molecule has 0 fully saturated rings. The third-order valence-corrected chi connectivity index (χ3v) is 6.71. The van der Waals surface area contributed by atoms with Crippen molar-refractivity contribution >= 4 is 39.1 Å². The molecule has 0 aliphatic rings. The molecule has 1 heterocycles. The largest absolute Gasteiger partial charge is 0.468 e. The number of rotatable bonds is 7. The number of nitrogens with zero attached hydrogens (tertiary/aromatic N) is 1. The molecule has 0 saturated carbocycles. The molecule has 0 aliphatic carbocycles. The van der Waals surface area contributed by atoms with Gasteiger partial charge in [-0.15, -0.1) is 0 Å².